The van der Waals surface area contributed by atoms with Crippen LogP contribution in [-0.2, 0) is 4.79 Å². The average Bonchev–Trinajstić information content (AvgIpc) is 2.99. The Morgan fingerprint density at radius 3 is 2.57 bits per heavy atom. The van der Waals surface area contributed by atoms with E-state index in [1.807, 2.05) is 0 Å². The van der Waals surface area contributed by atoms with E-state index in [1.54, 1.807) is 0 Å². The van der Waals surface area contributed by atoms with E-state index in [4.69, 9.17) is 0 Å². The molecule has 28 heavy (non-hydrogen) atoms. The zero-order chi connectivity index (χ0) is 20.1. The van der Waals surface area contributed by atoms with Crippen molar-refractivity contribution in [2.24, 2.45) is 46.3 Å². The molecule has 158 valence electrons. The normalized spacial score (nSPS) is 43.9. The molecule has 3 unspecified atom stereocenters. The van der Waals surface area contributed by atoms with Gasteiger partial charge in [-0.15, -0.1) is 0 Å². The van der Waals surface area contributed by atoms with Gasteiger partial charge in [-0.2, -0.15) is 0 Å². The molecule has 0 radical (unpaired) electrons. The minimum absolute atomic E-state index is 0.332. The summed E-state index contributed by atoms with van der Waals surface area (Å²) in [6, 6.07) is 0. The molecule has 7 atom stereocenters. The fraction of sp³-hybridized carbons (Fsp3) is 0.889. The van der Waals surface area contributed by atoms with Crippen LogP contribution in [0.1, 0.15) is 105 Å². The van der Waals surface area contributed by atoms with E-state index in [0.29, 0.717) is 16.6 Å². The van der Waals surface area contributed by atoms with Crippen LogP contribution >= 0.6 is 0 Å². The predicted molar refractivity (Wildman–Crippen MR) is 118 cm³/mol. The van der Waals surface area contributed by atoms with Crippen LogP contribution in [0.3, 0.4) is 0 Å². The first kappa shape index (κ1) is 20.7. The number of allylic oxidation sites excluding steroid dienone is 2. The molecular formula is C27H44O. The molecule has 0 aromatic heterocycles. The second-order valence-electron chi connectivity index (χ2n) is 12.0. The van der Waals surface area contributed by atoms with Gasteiger partial charge in [0, 0.05) is 12.8 Å². The highest BCUT2D eigenvalue weighted by atomic mass is 16.1. The Morgan fingerprint density at radius 2 is 1.82 bits per heavy atom. The summed E-state index contributed by atoms with van der Waals surface area (Å²) in [5.74, 6) is 5.82. The van der Waals surface area contributed by atoms with E-state index >= 15 is 0 Å². The van der Waals surface area contributed by atoms with Crippen LogP contribution in [0.4, 0.5) is 0 Å². The standard InChI is InChI=1S/C27H44O/c1-18(2)7-6-8-19(3)23-11-12-24-22-10-9-20-17-21(28)13-15-26(20,4)25(22)14-16-27(23,24)5/h9,18-19,22-25H,6-8,10-17H2,1-5H3/t19-,22?,23-,24?,25?,26+,27-/m1/s1. The second kappa shape index (κ2) is 7.59. The lowest BCUT2D eigenvalue weighted by Gasteiger charge is -2.58. The van der Waals surface area contributed by atoms with Gasteiger partial charge in [-0.3, -0.25) is 4.79 Å². The molecule has 3 saturated carbocycles. The van der Waals surface area contributed by atoms with Gasteiger partial charge in [0.15, 0.2) is 0 Å². The van der Waals surface area contributed by atoms with Crippen molar-refractivity contribution in [2.75, 3.05) is 0 Å². The summed E-state index contributed by atoms with van der Waals surface area (Å²) in [7, 11) is 0. The van der Waals surface area contributed by atoms with Crippen LogP contribution in [0.5, 0.6) is 0 Å². The first-order valence-electron chi connectivity index (χ1n) is 12.5. The molecule has 0 bridgehead atoms. The van der Waals surface area contributed by atoms with Gasteiger partial charge in [0.2, 0.25) is 0 Å². The van der Waals surface area contributed by atoms with Crippen molar-refractivity contribution in [3.05, 3.63) is 11.6 Å². The smallest absolute Gasteiger partial charge is 0.136 e. The van der Waals surface area contributed by atoms with E-state index in [9.17, 15) is 4.79 Å². The minimum atomic E-state index is 0.332. The van der Waals surface area contributed by atoms with Gasteiger partial charge in [-0.1, -0.05) is 65.5 Å². The Bertz CT molecular complexity index is 630. The fourth-order valence-corrected chi connectivity index (χ4v) is 8.50. The van der Waals surface area contributed by atoms with Crippen LogP contribution < -0.4 is 0 Å². The Kier molecular flexibility index (Phi) is 5.60. The lowest BCUT2D eigenvalue weighted by atomic mass is 9.47. The fourth-order valence-electron chi connectivity index (χ4n) is 8.50. The molecule has 4 rings (SSSR count). The molecule has 0 aromatic carbocycles. The molecule has 4 aliphatic carbocycles. The summed E-state index contributed by atoms with van der Waals surface area (Å²) in [6.45, 7) is 12.5. The molecule has 0 spiro atoms. The summed E-state index contributed by atoms with van der Waals surface area (Å²) in [4.78, 5) is 12.1. The van der Waals surface area contributed by atoms with Crippen LogP contribution in [0.15, 0.2) is 11.6 Å². The number of fused-ring (bicyclic) bond motifs is 5. The van der Waals surface area contributed by atoms with Crippen LogP contribution in [0.2, 0.25) is 0 Å². The summed E-state index contributed by atoms with van der Waals surface area (Å²) in [5.41, 5.74) is 2.43. The van der Waals surface area contributed by atoms with Gasteiger partial charge in [-0.05, 0) is 84.9 Å². The number of hydrogen-bond acceptors (Lipinski definition) is 1. The van der Waals surface area contributed by atoms with E-state index in [0.717, 1.165) is 54.8 Å². The van der Waals surface area contributed by atoms with Crippen molar-refractivity contribution in [1.29, 1.82) is 0 Å². The molecular weight excluding hydrogens is 340 g/mol. The summed E-state index contributed by atoms with van der Waals surface area (Å²) >= 11 is 0. The molecule has 0 N–H and O–H groups in total. The molecule has 4 aliphatic rings. The lowest BCUT2D eigenvalue weighted by molar-refractivity contribution is -0.122. The SMILES string of the molecule is CC(C)CCC[C@@H](C)[C@H]1CCC2C3CC=C4CC(=O)CC[C@]4(C)C3CC[C@@]21C. The van der Waals surface area contributed by atoms with Crippen molar-refractivity contribution in [1.82, 2.24) is 0 Å². The Morgan fingerprint density at radius 1 is 1.04 bits per heavy atom. The quantitative estimate of drug-likeness (QED) is 0.446. The monoisotopic (exact) mass is 384 g/mol. The topological polar surface area (TPSA) is 17.1 Å². The Labute approximate surface area is 174 Å². The van der Waals surface area contributed by atoms with Gasteiger partial charge < -0.3 is 0 Å². The Balaban J connectivity index is 1.50. The van der Waals surface area contributed by atoms with Crippen molar-refractivity contribution in [3.8, 4) is 0 Å². The molecule has 0 aromatic rings. The van der Waals surface area contributed by atoms with Gasteiger partial charge in [-0.25, -0.2) is 0 Å². The molecule has 0 saturated heterocycles. The number of rotatable bonds is 5. The summed E-state index contributed by atoms with van der Waals surface area (Å²) in [6.07, 6.45) is 16.5. The third kappa shape index (κ3) is 3.33. The maximum atomic E-state index is 12.1. The number of Topliss-reactive ketones (excluding diaryl/α,β-unsaturated/α-hetero) is 1. The van der Waals surface area contributed by atoms with Gasteiger partial charge in [0.25, 0.3) is 0 Å². The molecule has 3 fully saturated rings. The molecule has 0 aliphatic heterocycles. The minimum Gasteiger partial charge on any atom is -0.299 e. The molecule has 0 heterocycles. The third-order valence-corrected chi connectivity index (χ3v) is 10.1. The molecule has 1 heteroatoms. The maximum absolute atomic E-state index is 12.1. The van der Waals surface area contributed by atoms with Crippen molar-refractivity contribution < 1.29 is 4.79 Å². The summed E-state index contributed by atoms with van der Waals surface area (Å²) in [5, 5.41) is 0. The van der Waals surface area contributed by atoms with Crippen LogP contribution in [-0.4, -0.2) is 5.78 Å². The van der Waals surface area contributed by atoms with Crippen molar-refractivity contribution >= 4 is 5.78 Å². The largest absolute Gasteiger partial charge is 0.299 e. The van der Waals surface area contributed by atoms with Crippen LogP contribution in [0, 0.1) is 46.3 Å². The van der Waals surface area contributed by atoms with Crippen molar-refractivity contribution in [3.63, 3.8) is 0 Å². The highest BCUT2D eigenvalue weighted by Crippen LogP contribution is 2.67. The van der Waals surface area contributed by atoms with E-state index < -0.39 is 0 Å². The predicted octanol–water partition coefficient (Wildman–Crippen LogP) is 7.60. The van der Waals surface area contributed by atoms with Crippen LogP contribution in [0.25, 0.3) is 0 Å². The highest BCUT2D eigenvalue weighted by molar-refractivity contribution is 5.82. The number of carbonyl (C=O) groups excluding carboxylic acids is 1. The zero-order valence-corrected chi connectivity index (χ0v) is 19.2. The third-order valence-electron chi connectivity index (χ3n) is 10.1. The van der Waals surface area contributed by atoms with Gasteiger partial charge >= 0.3 is 0 Å². The first-order valence-corrected chi connectivity index (χ1v) is 12.5. The van der Waals surface area contributed by atoms with Crippen molar-refractivity contribution in [2.45, 2.75) is 105 Å². The zero-order valence-electron chi connectivity index (χ0n) is 19.2. The number of carbonyl (C=O) groups is 1. The number of hydrogen-bond donors (Lipinski definition) is 0. The first-order chi connectivity index (χ1) is 13.3. The average molecular weight is 385 g/mol. The van der Waals surface area contributed by atoms with E-state index in [-0.39, 0.29) is 0 Å². The van der Waals surface area contributed by atoms with Gasteiger partial charge in [0.05, 0.1) is 0 Å². The number of ketones is 1. The second-order valence-corrected chi connectivity index (χ2v) is 12.0. The highest BCUT2D eigenvalue weighted by Gasteiger charge is 2.59. The van der Waals surface area contributed by atoms with Gasteiger partial charge in [0.1, 0.15) is 5.78 Å². The summed E-state index contributed by atoms with van der Waals surface area (Å²) < 4.78 is 0. The lowest BCUT2D eigenvalue weighted by Crippen LogP contribution is -2.50. The maximum Gasteiger partial charge on any atom is 0.136 e. The van der Waals surface area contributed by atoms with E-state index in [2.05, 4.69) is 40.7 Å². The molecule has 0 amide bonds. The van der Waals surface area contributed by atoms with E-state index in [1.165, 1.54) is 56.9 Å². The Hall–Kier alpha value is -0.590. The molecule has 1 nitrogen and oxygen atoms in total.